The first-order valence-corrected chi connectivity index (χ1v) is 8.84. The van der Waals surface area contributed by atoms with E-state index >= 15 is 0 Å². The molecular formula is C13H19ClN4O3S. The van der Waals surface area contributed by atoms with Gasteiger partial charge in [0.1, 0.15) is 10.0 Å². The van der Waals surface area contributed by atoms with Crippen molar-refractivity contribution in [3.63, 3.8) is 0 Å². The Bertz CT molecular complexity index is 613. The van der Waals surface area contributed by atoms with E-state index in [1.54, 1.807) is 11.8 Å². The number of nitrogens with zero attached hydrogens (tertiary/aromatic N) is 3. The van der Waals surface area contributed by atoms with Gasteiger partial charge in [0, 0.05) is 52.4 Å². The Hall–Kier alpha value is -1.22. The van der Waals surface area contributed by atoms with Gasteiger partial charge >= 0.3 is 0 Å². The summed E-state index contributed by atoms with van der Waals surface area (Å²) in [5.41, 5.74) is 0. The van der Waals surface area contributed by atoms with Crippen molar-refractivity contribution < 1.29 is 13.2 Å². The molecule has 0 saturated carbocycles. The number of sulfonamides is 1. The van der Waals surface area contributed by atoms with E-state index in [0.717, 1.165) is 13.1 Å². The van der Waals surface area contributed by atoms with Gasteiger partial charge in [-0.1, -0.05) is 11.6 Å². The van der Waals surface area contributed by atoms with Gasteiger partial charge in [-0.25, -0.2) is 18.1 Å². The number of nitrogens with one attached hydrogen (secondary N) is 1. The molecule has 1 aliphatic heterocycles. The molecule has 1 aliphatic rings. The number of hydrogen-bond acceptors (Lipinski definition) is 5. The number of aromatic nitrogens is 1. The summed E-state index contributed by atoms with van der Waals surface area (Å²) in [6.45, 7) is 5.35. The average Bonchev–Trinajstić information content (AvgIpc) is 2.48. The molecule has 1 aromatic heterocycles. The van der Waals surface area contributed by atoms with E-state index < -0.39 is 10.0 Å². The van der Waals surface area contributed by atoms with Crippen LogP contribution in [0.5, 0.6) is 0 Å². The molecule has 1 saturated heterocycles. The van der Waals surface area contributed by atoms with Crippen molar-refractivity contribution in [2.75, 3.05) is 39.3 Å². The summed E-state index contributed by atoms with van der Waals surface area (Å²) in [6, 6.07) is 2.86. The number of amides is 1. The number of carbonyl (C=O) groups excluding carboxylic acids is 1. The third-order valence-electron chi connectivity index (χ3n) is 3.55. The minimum absolute atomic E-state index is 0.0793. The average molecular weight is 347 g/mol. The zero-order chi connectivity index (χ0) is 16.2. The van der Waals surface area contributed by atoms with Gasteiger partial charge in [-0.2, -0.15) is 0 Å². The number of pyridine rings is 1. The minimum atomic E-state index is -3.56. The van der Waals surface area contributed by atoms with Crippen LogP contribution < -0.4 is 4.72 Å². The fraction of sp³-hybridized carbons (Fsp3) is 0.538. The van der Waals surface area contributed by atoms with E-state index in [0.29, 0.717) is 26.2 Å². The maximum atomic E-state index is 12.1. The van der Waals surface area contributed by atoms with Gasteiger partial charge < -0.3 is 4.90 Å². The third kappa shape index (κ3) is 4.64. The summed E-state index contributed by atoms with van der Waals surface area (Å²) in [6.07, 6.45) is 1.23. The molecule has 22 heavy (non-hydrogen) atoms. The Morgan fingerprint density at radius 3 is 2.55 bits per heavy atom. The van der Waals surface area contributed by atoms with Crippen LogP contribution in [0.4, 0.5) is 0 Å². The van der Waals surface area contributed by atoms with Crippen LogP contribution in [0.3, 0.4) is 0 Å². The monoisotopic (exact) mass is 346 g/mol. The second-order valence-corrected chi connectivity index (χ2v) is 7.22. The second-order valence-electron chi connectivity index (χ2n) is 5.06. The van der Waals surface area contributed by atoms with Gasteiger partial charge in [-0.3, -0.25) is 9.69 Å². The SMILES string of the molecule is CC(=O)N1CCN(CCNS(=O)(=O)c2ccc(Cl)nc2)CC1. The van der Waals surface area contributed by atoms with Crippen molar-refractivity contribution in [3.05, 3.63) is 23.5 Å². The largest absolute Gasteiger partial charge is 0.340 e. The normalized spacial score (nSPS) is 16.7. The van der Waals surface area contributed by atoms with Crippen molar-refractivity contribution in [1.82, 2.24) is 19.5 Å². The Morgan fingerprint density at radius 1 is 1.32 bits per heavy atom. The highest BCUT2D eigenvalue weighted by atomic mass is 35.5. The van der Waals surface area contributed by atoms with E-state index in [2.05, 4.69) is 14.6 Å². The van der Waals surface area contributed by atoms with Gasteiger partial charge in [0.05, 0.1) is 0 Å². The van der Waals surface area contributed by atoms with Crippen molar-refractivity contribution in [1.29, 1.82) is 0 Å². The molecule has 0 aromatic carbocycles. The maximum absolute atomic E-state index is 12.1. The third-order valence-corrected chi connectivity index (χ3v) is 5.22. The fourth-order valence-corrected chi connectivity index (χ4v) is 3.31. The Morgan fingerprint density at radius 2 is 2.00 bits per heavy atom. The molecule has 2 heterocycles. The predicted octanol–water partition coefficient (Wildman–Crippen LogP) is 0.177. The Balaban J connectivity index is 1.79. The van der Waals surface area contributed by atoms with Crippen LogP contribution in [-0.2, 0) is 14.8 Å². The maximum Gasteiger partial charge on any atom is 0.242 e. The molecule has 0 bridgehead atoms. The summed E-state index contributed by atoms with van der Waals surface area (Å²) < 4.78 is 26.7. The number of hydrogen-bond donors (Lipinski definition) is 1. The summed E-state index contributed by atoms with van der Waals surface area (Å²) in [5.74, 6) is 0.0793. The molecule has 122 valence electrons. The molecule has 1 aromatic rings. The lowest BCUT2D eigenvalue weighted by Crippen LogP contribution is -2.49. The first-order valence-electron chi connectivity index (χ1n) is 6.97. The second kappa shape index (κ2) is 7.36. The first-order chi connectivity index (χ1) is 10.4. The molecule has 2 rings (SSSR count). The van der Waals surface area contributed by atoms with Crippen molar-refractivity contribution in [2.24, 2.45) is 0 Å². The highest BCUT2D eigenvalue weighted by Crippen LogP contribution is 2.10. The van der Waals surface area contributed by atoms with Crippen molar-refractivity contribution in [3.8, 4) is 0 Å². The topological polar surface area (TPSA) is 82.6 Å². The lowest BCUT2D eigenvalue weighted by Gasteiger charge is -2.34. The molecule has 7 nitrogen and oxygen atoms in total. The van der Waals surface area contributed by atoms with Crippen LogP contribution in [0.15, 0.2) is 23.2 Å². The van der Waals surface area contributed by atoms with Crippen LogP contribution in [-0.4, -0.2) is 68.4 Å². The van der Waals surface area contributed by atoms with Crippen LogP contribution in [0.2, 0.25) is 5.15 Å². The Labute approximate surface area is 135 Å². The summed E-state index contributed by atoms with van der Waals surface area (Å²) in [4.78, 5) is 19.0. The van der Waals surface area contributed by atoms with Crippen LogP contribution in [0.1, 0.15) is 6.92 Å². The van der Waals surface area contributed by atoms with E-state index in [-0.39, 0.29) is 16.0 Å². The summed E-state index contributed by atoms with van der Waals surface area (Å²) in [7, 11) is -3.56. The number of piperazine rings is 1. The smallest absolute Gasteiger partial charge is 0.242 e. The zero-order valence-electron chi connectivity index (χ0n) is 12.3. The quantitative estimate of drug-likeness (QED) is 0.769. The molecular weight excluding hydrogens is 328 g/mol. The number of rotatable bonds is 5. The first kappa shape index (κ1) is 17.1. The van der Waals surface area contributed by atoms with Gasteiger partial charge in [-0.15, -0.1) is 0 Å². The van der Waals surface area contributed by atoms with Crippen LogP contribution in [0.25, 0.3) is 0 Å². The minimum Gasteiger partial charge on any atom is -0.340 e. The molecule has 9 heteroatoms. The van der Waals surface area contributed by atoms with E-state index in [1.807, 2.05) is 0 Å². The number of halogens is 1. The summed E-state index contributed by atoms with van der Waals surface area (Å²) >= 11 is 5.64. The summed E-state index contributed by atoms with van der Waals surface area (Å²) in [5, 5.41) is 0.252. The van der Waals surface area contributed by atoms with Crippen LogP contribution >= 0.6 is 11.6 Å². The van der Waals surface area contributed by atoms with Crippen molar-refractivity contribution in [2.45, 2.75) is 11.8 Å². The molecule has 0 atom stereocenters. The molecule has 0 unspecified atom stereocenters. The lowest BCUT2D eigenvalue weighted by atomic mass is 10.3. The molecule has 0 spiro atoms. The molecule has 1 amide bonds. The lowest BCUT2D eigenvalue weighted by molar-refractivity contribution is -0.130. The van der Waals surface area contributed by atoms with Gasteiger partial charge in [0.15, 0.2) is 0 Å². The standard InChI is InChI=1S/C13H19ClN4O3S/c1-11(19)18-8-6-17(7-9-18)5-4-16-22(20,21)12-2-3-13(14)15-10-12/h2-3,10,16H,4-9H2,1H3. The van der Waals surface area contributed by atoms with Crippen molar-refractivity contribution >= 4 is 27.5 Å². The molecule has 0 radical (unpaired) electrons. The predicted molar refractivity (Wildman–Crippen MR) is 83.1 cm³/mol. The van der Waals surface area contributed by atoms with Gasteiger partial charge in [0.25, 0.3) is 0 Å². The van der Waals surface area contributed by atoms with E-state index in [9.17, 15) is 13.2 Å². The fourth-order valence-electron chi connectivity index (χ4n) is 2.23. The molecule has 1 N–H and O–H groups in total. The van der Waals surface area contributed by atoms with Gasteiger partial charge in [-0.05, 0) is 12.1 Å². The van der Waals surface area contributed by atoms with Gasteiger partial charge in [0.2, 0.25) is 15.9 Å². The highest BCUT2D eigenvalue weighted by molar-refractivity contribution is 7.89. The zero-order valence-corrected chi connectivity index (χ0v) is 13.9. The number of carbonyl (C=O) groups is 1. The Kier molecular flexibility index (Phi) is 5.74. The van der Waals surface area contributed by atoms with Crippen LogP contribution in [0, 0.1) is 0 Å². The molecule has 0 aliphatic carbocycles. The van der Waals surface area contributed by atoms with E-state index in [4.69, 9.17) is 11.6 Å². The van der Waals surface area contributed by atoms with E-state index in [1.165, 1.54) is 18.3 Å². The highest BCUT2D eigenvalue weighted by Gasteiger charge is 2.19. The molecule has 1 fully saturated rings.